The van der Waals surface area contributed by atoms with Gasteiger partial charge >= 0.3 is 23.9 Å². The Morgan fingerprint density at radius 3 is 2.62 bits per heavy atom. The topological polar surface area (TPSA) is 189 Å². The van der Waals surface area contributed by atoms with Crippen LogP contribution in [-0.2, 0) is 40.5 Å². The van der Waals surface area contributed by atoms with Crippen LogP contribution in [0.25, 0.3) is 0 Å². The van der Waals surface area contributed by atoms with Gasteiger partial charge in [-0.3, -0.25) is 9.59 Å². The number of ether oxygens (including phenoxy) is 4. The second kappa shape index (κ2) is 9.50. The van der Waals surface area contributed by atoms with Gasteiger partial charge in [0.05, 0.1) is 31.0 Å². The van der Waals surface area contributed by atoms with E-state index in [2.05, 4.69) is 9.64 Å². The number of carboxylic acid groups (broad SMARTS) is 2. The fourth-order valence-corrected chi connectivity index (χ4v) is 6.56. The molecular weight excluding hydrogens is 518 g/mol. The number of benzene rings is 1. The first-order chi connectivity index (χ1) is 18.4. The SMILES string of the molecule is COc1ccc2c3c1O[C@@H]1C(OC(=O)[C@@H](O)CC(=O)O[C@H](CC(=O)O)C(=O)O)=CC[C@]4(O)[C@H](C2)N(C)CC[C@@]314. The molecule has 2 heterocycles. The lowest BCUT2D eigenvalue weighted by molar-refractivity contribution is -0.175. The normalized spacial score (nSPS) is 29.7. The van der Waals surface area contributed by atoms with E-state index in [0.717, 1.165) is 11.1 Å². The first kappa shape index (κ1) is 26.9. The van der Waals surface area contributed by atoms with Gasteiger partial charge in [0.15, 0.2) is 23.7 Å². The lowest BCUT2D eigenvalue weighted by atomic mass is 9.50. The molecule has 1 spiro atoms. The Morgan fingerprint density at radius 1 is 1.21 bits per heavy atom. The van der Waals surface area contributed by atoms with Gasteiger partial charge in [-0.1, -0.05) is 6.07 Å². The Kier molecular flexibility index (Phi) is 6.56. The third-order valence-corrected chi connectivity index (χ3v) is 8.32. The summed E-state index contributed by atoms with van der Waals surface area (Å²) in [6.45, 7) is 0.652. The summed E-state index contributed by atoms with van der Waals surface area (Å²) in [6, 6.07) is 3.53. The second-order valence-electron chi connectivity index (χ2n) is 10.3. The Hall–Kier alpha value is -3.68. The van der Waals surface area contributed by atoms with E-state index >= 15 is 0 Å². The van der Waals surface area contributed by atoms with Crippen LogP contribution in [0, 0.1) is 0 Å². The van der Waals surface area contributed by atoms with E-state index < -0.39 is 66.0 Å². The van der Waals surface area contributed by atoms with Crippen LogP contribution in [0.4, 0.5) is 0 Å². The van der Waals surface area contributed by atoms with Gasteiger partial charge in [0.25, 0.3) is 0 Å². The maximum absolute atomic E-state index is 12.8. The van der Waals surface area contributed by atoms with Crippen molar-refractivity contribution in [2.24, 2.45) is 0 Å². The molecule has 13 nitrogen and oxygen atoms in total. The van der Waals surface area contributed by atoms with Crippen molar-refractivity contribution in [2.45, 2.75) is 67.5 Å². The number of carboxylic acids is 2. The number of likely N-dealkylation sites (tertiary alicyclic amines) is 1. The van der Waals surface area contributed by atoms with Gasteiger partial charge in [0, 0.05) is 18.0 Å². The smallest absolute Gasteiger partial charge is 0.345 e. The number of carbonyl (C=O) groups is 4. The average Bonchev–Trinajstić information content (AvgIpc) is 3.22. The first-order valence-corrected chi connectivity index (χ1v) is 12.5. The molecule has 1 fully saturated rings. The highest BCUT2D eigenvalue weighted by Gasteiger charge is 2.72. The number of aliphatic carboxylic acids is 2. The minimum Gasteiger partial charge on any atom is -0.493 e. The van der Waals surface area contributed by atoms with Gasteiger partial charge in [-0.05, 0) is 44.1 Å². The quantitative estimate of drug-likeness (QED) is 0.296. The maximum Gasteiger partial charge on any atom is 0.345 e. The van der Waals surface area contributed by atoms with E-state index in [1.165, 1.54) is 7.11 Å². The van der Waals surface area contributed by atoms with E-state index in [0.29, 0.717) is 30.9 Å². The van der Waals surface area contributed by atoms with Crippen molar-refractivity contribution in [3.8, 4) is 11.5 Å². The maximum atomic E-state index is 12.8. The van der Waals surface area contributed by atoms with E-state index in [1.54, 1.807) is 12.1 Å². The van der Waals surface area contributed by atoms with Crippen molar-refractivity contribution in [2.75, 3.05) is 20.7 Å². The molecule has 2 aliphatic carbocycles. The van der Waals surface area contributed by atoms with Crippen LogP contribution in [0.3, 0.4) is 0 Å². The number of methoxy groups -OCH3 is 1. The largest absolute Gasteiger partial charge is 0.493 e. The summed E-state index contributed by atoms with van der Waals surface area (Å²) in [7, 11) is 3.46. The van der Waals surface area contributed by atoms with Crippen LogP contribution in [-0.4, -0.2) is 99.9 Å². The van der Waals surface area contributed by atoms with E-state index in [-0.39, 0.29) is 18.2 Å². The predicted octanol–water partition coefficient (Wildman–Crippen LogP) is -0.262. The number of rotatable bonds is 9. The van der Waals surface area contributed by atoms with Gasteiger partial charge in [-0.2, -0.15) is 0 Å². The lowest BCUT2D eigenvalue weighted by Crippen LogP contribution is -2.74. The minimum atomic E-state index is -2.03. The molecule has 210 valence electrons. The molecule has 0 amide bonds. The van der Waals surface area contributed by atoms with Crippen LogP contribution < -0.4 is 9.47 Å². The van der Waals surface area contributed by atoms with Crippen molar-refractivity contribution in [3.63, 3.8) is 0 Å². The molecule has 2 bridgehead atoms. The van der Waals surface area contributed by atoms with Crippen LogP contribution >= 0.6 is 0 Å². The Balaban J connectivity index is 1.38. The molecule has 1 aromatic carbocycles. The third-order valence-electron chi connectivity index (χ3n) is 8.32. The zero-order chi connectivity index (χ0) is 28.3. The molecule has 13 heteroatoms. The van der Waals surface area contributed by atoms with Crippen LogP contribution in [0.1, 0.15) is 36.8 Å². The lowest BCUT2D eigenvalue weighted by Gasteiger charge is -2.61. The minimum absolute atomic E-state index is 0.0702. The molecule has 0 saturated carbocycles. The number of esters is 2. The summed E-state index contributed by atoms with van der Waals surface area (Å²) < 4.78 is 22.0. The van der Waals surface area contributed by atoms with E-state index in [4.69, 9.17) is 24.4 Å². The average molecular weight is 548 g/mol. The molecule has 0 aromatic heterocycles. The van der Waals surface area contributed by atoms with Crippen LogP contribution in [0.15, 0.2) is 24.0 Å². The standard InChI is InChI=1S/C26H29NO12/c1-27-8-7-25-20-12-3-4-14(36-2)21(20)39-22(25)15(5-6-26(25,35)17(27)9-12)38-24(34)13(28)10-19(31)37-16(23(32)33)11-18(29)30/h3-5,13,16-17,22,28,35H,6-11H2,1-2H3,(H,29,30)(H,32,33)/t13-,16+,17-,22+,25+,26-/m0/s1. The third kappa shape index (κ3) is 4.03. The molecule has 0 radical (unpaired) electrons. The monoisotopic (exact) mass is 547 g/mol. The van der Waals surface area contributed by atoms with Crippen molar-refractivity contribution in [1.82, 2.24) is 4.90 Å². The summed E-state index contributed by atoms with van der Waals surface area (Å²) in [6.07, 6.45) is -4.06. The summed E-state index contributed by atoms with van der Waals surface area (Å²) in [4.78, 5) is 49.0. The van der Waals surface area contributed by atoms with Gasteiger partial charge < -0.3 is 44.3 Å². The van der Waals surface area contributed by atoms with Crippen molar-refractivity contribution in [1.29, 1.82) is 0 Å². The van der Waals surface area contributed by atoms with Gasteiger partial charge in [0.2, 0.25) is 6.10 Å². The number of nitrogens with zero attached hydrogens (tertiary/aromatic N) is 1. The molecule has 1 aromatic rings. The molecule has 6 atom stereocenters. The number of aliphatic hydroxyl groups is 2. The molecule has 39 heavy (non-hydrogen) atoms. The Labute approximate surface area is 222 Å². The van der Waals surface area contributed by atoms with Gasteiger partial charge in [-0.25, -0.2) is 9.59 Å². The molecule has 4 aliphatic rings. The molecule has 5 rings (SSSR count). The Morgan fingerprint density at radius 2 is 1.95 bits per heavy atom. The van der Waals surface area contributed by atoms with E-state index in [1.807, 2.05) is 13.1 Å². The number of aliphatic hydroxyl groups excluding tert-OH is 1. The van der Waals surface area contributed by atoms with E-state index in [9.17, 15) is 29.4 Å². The van der Waals surface area contributed by atoms with Crippen LogP contribution in [0.5, 0.6) is 11.5 Å². The molecule has 4 N–H and O–H groups in total. The highest BCUT2D eigenvalue weighted by Crippen LogP contribution is 2.65. The van der Waals surface area contributed by atoms with Gasteiger partial charge in [-0.15, -0.1) is 0 Å². The number of hydrogen-bond acceptors (Lipinski definition) is 11. The fraction of sp³-hybridized carbons (Fsp3) is 0.538. The summed E-state index contributed by atoms with van der Waals surface area (Å²) in [5.74, 6) is -4.68. The molecular formula is C26H29NO12. The zero-order valence-corrected chi connectivity index (χ0v) is 21.3. The predicted molar refractivity (Wildman–Crippen MR) is 128 cm³/mol. The van der Waals surface area contributed by atoms with Crippen molar-refractivity contribution >= 4 is 23.9 Å². The summed E-state index contributed by atoms with van der Waals surface area (Å²) >= 11 is 0. The highest BCUT2D eigenvalue weighted by molar-refractivity contribution is 5.85. The summed E-state index contributed by atoms with van der Waals surface area (Å²) in [5.41, 5.74) is -0.354. The second-order valence-corrected chi connectivity index (χ2v) is 10.3. The molecule has 2 aliphatic heterocycles. The van der Waals surface area contributed by atoms with Crippen LogP contribution in [0.2, 0.25) is 0 Å². The number of piperidine rings is 1. The molecule has 0 unspecified atom stereocenters. The van der Waals surface area contributed by atoms with Crippen molar-refractivity contribution in [3.05, 3.63) is 35.1 Å². The first-order valence-electron chi connectivity index (χ1n) is 12.5. The highest BCUT2D eigenvalue weighted by atomic mass is 16.6. The summed E-state index contributed by atoms with van der Waals surface area (Å²) in [5, 5.41) is 40.3. The fourth-order valence-electron chi connectivity index (χ4n) is 6.56. The van der Waals surface area contributed by atoms with Gasteiger partial charge in [0.1, 0.15) is 5.76 Å². The molecule has 1 saturated heterocycles. The Bertz CT molecular complexity index is 1280. The van der Waals surface area contributed by atoms with Crippen molar-refractivity contribution < 1.29 is 58.6 Å². The zero-order valence-electron chi connectivity index (χ0n) is 21.3. The number of hydrogen-bond donors (Lipinski definition) is 4. The number of carbonyl (C=O) groups excluding carboxylic acids is 2. The number of likely N-dealkylation sites (N-methyl/N-ethyl adjacent to an activating group) is 1.